The second-order valence-electron chi connectivity index (χ2n) is 8.96. The van der Waals surface area contributed by atoms with Gasteiger partial charge in [0.15, 0.2) is 0 Å². The molecule has 184 valence electrons. The molecule has 0 aliphatic heterocycles. The highest BCUT2D eigenvalue weighted by Gasteiger charge is 2.19. The summed E-state index contributed by atoms with van der Waals surface area (Å²) in [6.07, 6.45) is 0. The third kappa shape index (κ3) is 5.99. The number of ether oxygens (including phenoxy) is 2. The van der Waals surface area contributed by atoms with Crippen LogP contribution in [-0.2, 0) is 19.7 Å². The number of amides is 1. The van der Waals surface area contributed by atoms with E-state index in [9.17, 15) is 4.79 Å². The quantitative estimate of drug-likeness (QED) is 0.219. The van der Waals surface area contributed by atoms with E-state index in [-0.39, 0.29) is 5.91 Å². The van der Waals surface area contributed by atoms with Crippen molar-refractivity contribution >= 4 is 16.7 Å². The molecule has 0 unspecified atom stereocenters. The first-order chi connectivity index (χ1) is 18.2. The molecular weight excluding hydrogens is 458 g/mol. The molecule has 0 aliphatic rings. The molecule has 4 nitrogen and oxygen atoms in total. The maximum absolute atomic E-state index is 13.8. The molecule has 0 bridgehead atoms. The Hall–Kier alpha value is -4.57. The van der Waals surface area contributed by atoms with Gasteiger partial charge in [0.2, 0.25) is 0 Å². The summed E-state index contributed by atoms with van der Waals surface area (Å²) >= 11 is 0. The summed E-state index contributed by atoms with van der Waals surface area (Å²) in [7, 11) is 1.63. The lowest BCUT2D eigenvalue weighted by atomic mass is 10.1. The average molecular weight is 488 g/mol. The smallest absolute Gasteiger partial charge is 0.254 e. The fourth-order valence-electron chi connectivity index (χ4n) is 4.43. The minimum atomic E-state index is -0.0395. The van der Waals surface area contributed by atoms with Crippen molar-refractivity contribution in [3.8, 4) is 11.5 Å². The van der Waals surface area contributed by atoms with Crippen LogP contribution in [0.15, 0.2) is 121 Å². The van der Waals surface area contributed by atoms with Crippen LogP contribution >= 0.6 is 0 Å². The third-order valence-corrected chi connectivity index (χ3v) is 6.36. The van der Waals surface area contributed by atoms with E-state index in [1.807, 2.05) is 114 Å². The van der Waals surface area contributed by atoms with Gasteiger partial charge >= 0.3 is 0 Å². The summed E-state index contributed by atoms with van der Waals surface area (Å²) in [5, 5.41) is 2.28. The number of fused-ring (bicyclic) bond motifs is 1. The number of carbonyl (C=O) groups is 1. The van der Waals surface area contributed by atoms with E-state index in [2.05, 4.69) is 12.1 Å². The van der Waals surface area contributed by atoms with Crippen molar-refractivity contribution in [3.05, 3.63) is 144 Å². The molecule has 0 N–H and O–H groups in total. The molecule has 5 aromatic rings. The number of hydrogen-bond donors (Lipinski definition) is 0. The molecule has 0 atom stereocenters. The Morgan fingerprint density at radius 1 is 0.676 bits per heavy atom. The number of rotatable bonds is 9. The van der Waals surface area contributed by atoms with Crippen molar-refractivity contribution in [2.24, 2.45) is 0 Å². The lowest BCUT2D eigenvalue weighted by Gasteiger charge is -2.24. The molecule has 0 aliphatic carbocycles. The van der Waals surface area contributed by atoms with Gasteiger partial charge in [-0.2, -0.15) is 0 Å². The van der Waals surface area contributed by atoms with Crippen molar-refractivity contribution in [3.63, 3.8) is 0 Å². The van der Waals surface area contributed by atoms with Crippen molar-refractivity contribution in [1.82, 2.24) is 4.90 Å². The van der Waals surface area contributed by atoms with Gasteiger partial charge in [0.25, 0.3) is 5.91 Å². The summed E-state index contributed by atoms with van der Waals surface area (Å²) in [5.41, 5.74) is 3.59. The van der Waals surface area contributed by atoms with E-state index >= 15 is 0 Å². The van der Waals surface area contributed by atoms with E-state index in [0.29, 0.717) is 31.0 Å². The maximum Gasteiger partial charge on any atom is 0.254 e. The molecule has 0 spiro atoms. The van der Waals surface area contributed by atoms with Crippen LogP contribution in [0, 0.1) is 0 Å². The first kappa shape index (κ1) is 24.1. The molecule has 0 saturated heterocycles. The first-order valence-electron chi connectivity index (χ1n) is 12.4. The molecule has 0 saturated carbocycles. The number of methoxy groups -OCH3 is 1. The maximum atomic E-state index is 13.8. The first-order valence-corrected chi connectivity index (χ1v) is 12.4. The highest BCUT2D eigenvalue weighted by molar-refractivity contribution is 5.94. The number of carbonyl (C=O) groups excluding carboxylic acids is 1. The van der Waals surface area contributed by atoms with Crippen LogP contribution in [0.25, 0.3) is 10.8 Å². The largest absolute Gasteiger partial charge is 0.496 e. The van der Waals surface area contributed by atoms with Crippen LogP contribution in [0.2, 0.25) is 0 Å². The predicted octanol–water partition coefficient (Wildman–Crippen LogP) is 7.27. The molecule has 4 heteroatoms. The molecule has 0 heterocycles. The number of hydrogen-bond acceptors (Lipinski definition) is 3. The van der Waals surface area contributed by atoms with Gasteiger partial charge in [-0.15, -0.1) is 0 Å². The highest BCUT2D eigenvalue weighted by atomic mass is 16.5. The average Bonchev–Trinajstić information content (AvgIpc) is 2.96. The van der Waals surface area contributed by atoms with E-state index in [1.165, 1.54) is 0 Å². The Morgan fingerprint density at radius 2 is 1.30 bits per heavy atom. The van der Waals surface area contributed by atoms with Crippen molar-refractivity contribution < 1.29 is 14.3 Å². The summed E-state index contributed by atoms with van der Waals surface area (Å²) in [4.78, 5) is 15.6. The van der Waals surface area contributed by atoms with Gasteiger partial charge in [0.1, 0.15) is 18.1 Å². The Balaban J connectivity index is 1.39. The van der Waals surface area contributed by atoms with Crippen LogP contribution in [0.3, 0.4) is 0 Å². The van der Waals surface area contributed by atoms with Crippen molar-refractivity contribution in [2.45, 2.75) is 19.7 Å². The summed E-state index contributed by atoms with van der Waals surface area (Å²) in [5.74, 6) is 1.42. The minimum absolute atomic E-state index is 0.0395. The zero-order valence-corrected chi connectivity index (χ0v) is 20.8. The molecule has 1 amide bonds. The van der Waals surface area contributed by atoms with E-state index < -0.39 is 0 Å². The Labute approximate surface area is 217 Å². The summed E-state index contributed by atoms with van der Waals surface area (Å²) < 4.78 is 11.7. The molecule has 5 aromatic carbocycles. The molecule has 0 radical (unpaired) electrons. The lowest BCUT2D eigenvalue weighted by Crippen LogP contribution is -2.30. The molecule has 0 aromatic heterocycles. The lowest BCUT2D eigenvalue weighted by molar-refractivity contribution is 0.0730. The van der Waals surface area contributed by atoms with Crippen molar-refractivity contribution in [1.29, 1.82) is 0 Å². The fraction of sp³-hybridized carbons (Fsp3) is 0.121. The Bertz CT molecular complexity index is 1440. The van der Waals surface area contributed by atoms with Crippen LogP contribution in [0.5, 0.6) is 11.5 Å². The Morgan fingerprint density at radius 3 is 1.95 bits per heavy atom. The Kier molecular flexibility index (Phi) is 7.47. The van der Waals surface area contributed by atoms with Gasteiger partial charge < -0.3 is 14.4 Å². The number of nitrogens with zero attached hydrogens (tertiary/aromatic N) is 1. The van der Waals surface area contributed by atoms with Crippen molar-refractivity contribution in [2.75, 3.05) is 7.11 Å². The summed E-state index contributed by atoms with van der Waals surface area (Å²) in [6, 6.07) is 39.9. The second kappa shape index (κ2) is 11.4. The zero-order valence-electron chi connectivity index (χ0n) is 20.8. The van der Waals surface area contributed by atoms with Gasteiger partial charge in [0, 0.05) is 24.2 Å². The van der Waals surface area contributed by atoms with Gasteiger partial charge in [-0.3, -0.25) is 4.79 Å². The topological polar surface area (TPSA) is 38.8 Å². The minimum Gasteiger partial charge on any atom is -0.496 e. The third-order valence-electron chi connectivity index (χ3n) is 6.36. The zero-order chi connectivity index (χ0) is 25.5. The monoisotopic (exact) mass is 487 g/mol. The standard InChI is InChI=1S/C33H29NO3/c1-36-32-19-17-29(20-30(32)24-37-31-18-16-27-14-8-9-15-28(27)21-31)33(35)34(22-25-10-4-2-5-11-25)23-26-12-6-3-7-13-26/h2-21H,22-24H2,1H3. The van der Waals surface area contributed by atoms with Crippen LogP contribution in [-0.4, -0.2) is 17.9 Å². The molecular formula is C33H29NO3. The molecule has 5 rings (SSSR count). The van der Waals surface area contributed by atoms with Gasteiger partial charge in [-0.25, -0.2) is 0 Å². The molecule has 0 fully saturated rings. The van der Waals surface area contributed by atoms with Gasteiger partial charge in [-0.1, -0.05) is 91.0 Å². The normalized spacial score (nSPS) is 10.7. The van der Waals surface area contributed by atoms with Crippen LogP contribution in [0.4, 0.5) is 0 Å². The van der Waals surface area contributed by atoms with Crippen LogP contribution < -0.4 is 9.47 Å². The van der Waals surface area contributed by atoms with Crippen LogP contribution in [0.1, 0.15) is 27.0 Å². The SMILES string of the molecule is COc1ccc(C(=O)N(Cc2ccccc2)Cc2ccccc2)cc1COc1ccc2ccccc2c1. The summed E-state index contributed by atoms with van der Waals surface area (Å²) in [6.45, 7) is 1.33. The number of benzene rings is 5. The van der Waals surface area contributed by atoms with E-state index in [4.69, 9.17) is 9.47 Å². The predicted molar refractivity (Wildman–Crippen MR) is 148 cm³/mol. The highest BCUT2D eigenvalue weighted by Crippen LogP contribution is 2.26. The van der Waals surface area contributed by atoms with E-state index in [1.54, 1.807) is 7.11 Å². The van der Waals surface area contributed by atoms with E-state index in [0.717, 1.165) is 33.2 Å². The second-order valence-corrected chi connectivity index (χ2v) is 8.96. The van der Waals surface area contributed by atoms with Gasteiger partial charge in [-0.05, 0) is 52.2 Å². The fourth-order valence-corrected chi connectivity index (χ4v) is 4.43. The van der Waals surface area contributed by atoms with Gasteiger partial charge in [0.05, 0.1) is 7.11 Å². The molecule has 37 heavy (non-hydrogen) atoms.